The number of esters is 1. The molecule has 1 amide bonds. The third-order valence-corrected chi connectivity index (χ3v) is 6.83. The van der Waals surface area contributed by atoms with Gasteiger partial charge in [-0.15, -0.1) is 0 Å². The molecule has 0 saturated heterocycles. The van der Waals surface area contributed by atoms with Gasteiger partial charge in [0.1, 0.15) is 0 Å². The Balaban J connectivity index is 1.40. The number of carbonyl (C=O) groups is 2. The Labute approximate surface area is 177 Å². The summed E-state index contributed by atoms with van der Waals surface area (Å²) in [5, 5.41) is 4.14. The van der Waals surface area contributed by atoms with Crippen molar-refractivity contribution in [3.8, 4) is 17.2 Å². The van der Waals surface area contributed by atoms with Crippen LogP contribution in [0.25, 0.3) is 0 Å². The van der Waals surface area contributed by atoms with E-state index < -0.39 is 5.97 Å². The number of hydrogen-bond donors (Lipinski definition) is 1. The smallest absolute Gasteiger partial charge is 0.308 e. The molecule has 0 spiro atoms. The number of amides is 1. The molecule has 30 heavy (non-hydrogen) atoms. The second-order valence-corrected chi connectivity index (χ2v) is 9.24. The Morgan fingerprint density at radius 3 is 2.07 bits per heavy atom. The number of ether oxygens (including phenoxy) is 3. The zero-order valence-electron chi connectivity index (χ0n) is 17.9. The first-order valence-corrected chi connectivity index (χ1v) is 10.7. The molecule has 7 heteroatoms. The number of nitrogens with zero attached hydrogens (tertiary/aromatic N) is 1. The maximum absolute atomic E-state index is 12.6. The van der Waals surface area contributed by atoms with Gasteiger partial charge in [0.15, 0.2) is 11.5 Å². The molecule has 0 aliphatic heterocycles. The number of benzene rings is 1. The van der Waals surface area contributed by atoms with Gasteiger partial charge in [0, 0.05) is 18.9 Å². The van der Waals surface area contributed by atoms with Crippen molar-refractivity contribution >= 4 is 18.1 Å². The Morgan fingerprint density at radius 1 is 1.07 bits per heavy atom. The van der Waals surface area contributed by atoms with Gasteiger partial charge in [-0.3, -0.25) is 9.59 Å². The SMILES string of the molecule is COc1cc(/C=N/NC(=O)CC23CC4CC(CC(C4)C2)C3)cc(OC)c1OC(C)=O. The summed E-state index contributed by atoms with van der Waals surface area (Å²) in [6, 6.07) is 3.35. The monoisotopic (exact) mass is 414 g/mol. The maximum atomic E-state index is 12.6. The number of hydrogen-bond acceptors (Lipinski definition) is 6. The standard InChI is InChI=1S/C23H30N2O5/c1-14(26)30-22-19(28-2)7-18(8-20(22)29-3)13-24-25-21(27)12-23-9-15-4-16(10-23)6-17(5-15)11-23/h7-8,13,15-17H,4-6,9-12H2,1-3H3,(H,25,27)/b24-13+. The molecule has 7 nitrogen and oxygen atoms in total. The fourth-order valence-electron chi connectivity index (χ4n) is 6.28. The minimum atomic E-state index is -0.468. The van der Waals surface area contributed by atoms with Crippen LogP contribution in [0.1, 0.15) is 57.4 Å². The zero-order valence-corrected chi connectivity index (χ0v) is 17.9. The lowest BCUT2D eigenvalue weighted by Gasteiger charge is -2.56. The molecule has 0 aromatic heterocycles. The molecule has 5 rings (SSSR count). The van der Waals surface area contributed by atoms with E-state index in [1.807, 2.05) is 0 Å². The van der Waals surface area contributed by atoms with E-state index in [1.165, 1.54) is 59.7 Å². The Hall–Kier alpha value is -2.57. The van der Waals surface area contributed by atoms with Crippen molar-refractivity contribution in [2.24, 2.45) is 28.3 Å². The number of nitrogens with one attached hydrogen (secondary N) is 1. The third kappa shape index (κ3) is 4.30. The topological polar surface area (TPSA) is 86.2 Å². The van der Waals surface area contributed by atoms with Gasteiger partial charge in [0.25, 0.3) is 0 Å². The molecule has 1 aromatic rings. The highest BCUT2D eigenvalue weighted by Crippen LogP contribution is 2.61. The molecule has 4 saturated carbocycles. The van der Waals surface area contributed by atoms with E-state index in [0.717, 1.165) is 17.8 Å². The van der Waals surface area contributed by atoms with Gasteiger partial charge in [0.2, 0.25) is 11.7 Å². The number of methoxy groups -OCH3 is 2. The van der Waals surface area contributed by atoms with Crippen molar-refractivity contribution in [3.05, 3.63) is 17.7 Å². The molecule has 0 heterocycles. The highest BCUT2D eigenvalue weighted by atomic mass is 16.6. The third-order valence-electron chi connectivity index (χ3n) is 6.83. The summed E-state index contributed by atoms with van der Waals surface area (Å²) in [6.07, 6.45) is 9.79. The first kappa shape index (κ1) is 20.7. The summed E-state index contributed by atoms with van der Waals surface area (Å²) in [6.45, 7) is 1.31. The van der Waals surface area contributed by atoms with Crippen LogP contribution in [0.3, 0.4) is 0 Å². The fraction of sp³-hybridized carbons (Fsp3) is 0.609. The van der Waals surface area contributed by atoms with Crippen LogP contribution in [0.2, 0.25) is 0 Å². The van der Waals surface area contributed by atoms with Crippen LogP contribution in [0, 0.1) is 23.2 Å². The summed E-state index contributed by atoms with van der Waals surface area (Å²) >= 11 is 0. The van der Waals surface area contributed by atoms with Crippen LogP contribution in [-0.4, -0.2) is 32.3 Å². The molecule has 0 unspecified atom stereocenters. The summed E-state index contributed by atoms with van der Waals surface area (Å²) in [5.41, 5.74) is 3.54. The maximum Gasteiger partial charge on any atom is 0.308 e. The lowest BCUT2D eigenvalue weighted by molar-refractivity contribution is -0.132. The lowest BCUT2D eigenvalue weighted by atomic mass is 9.49. The van der Waals surface area contributed by atoms with Crippen molar-refractivity contribution in [2.45, 2.75) is 51.9 Å². The van der Waals surface area contributed by atoms with Crippen LogP contribution < -0.4 is 19.6 Å². The number of rotatable bonds is 7. The molecular weight excluding hydrogens is 384 g/mol. The van der Waals surface area contributed by atoms with Gasteiger partial charge in [-0.25, -0.2) is 5.43 Å². The van der Waals surface area contributed by atoms with E-state index in [1.54, 1.807) is 18.3 Å². The van der Waals surface area contributed by atoms with Crippen molar-refractivity contribution in [1.82, 2.24) is 5.43 Å². The summed E-state index contributed by atoms with van der Waals surface area (Å²) in [7, 11) is 2.96. The predicted molar refractivity (Wildman–Crippen MR) is 112 cm³/mol. The van der Waals surface area contributed by atoms with E-state index >= 15 is 0 Å². The highest BCUT2D eigenvalue weighted by Gasteiger charge is 2.51. The summed E-state index contributed by atoms with van der Waals surface area (Å²) in [4.78, 5) is 23.9. The van der Waals surface area contributed by atoms with E-state index in [-0.39, 0.29) is 17.1 Å². The van der Waals surface area contributed by atoms with Gasteiger partial charge in [-0.2, -0.15) is 5.10 Å². The van der Waals surface area contributed by atoms with Gasteiger partial charge in [0.05, 0.1) is 20.4 Å². The Kier molecular flexibility index (Phi) is 5.71. The molecule has 4 fully saturated rings. The largest absolute Gasteiger partial charge is 0.493 e. The van der Waals surface area contributed by atoms with E-state index in [0.29, 0.717) is 23.5 Å². The van der Waals surface area contributed by atoms with Crippen LogP contribution >= 0.6 is 0 Å². The van der Waals surface area contributed by atoms with Gasteiger partial charge in [-0.05, 0) is 73.8 Å². The van der Waals surface area contributed by atoms with Crippen LogP contribution in [0.5, 0.6) is 17.2 Å². The van der Waals surface area contributed by atoms with E-state index in [2.05, 4.69) is 10.5 Å². The summed E-state index contributed by atoms with van der Waals surface area (Å²) < 4.78 is 15.8. The number of carbonyl (C=O) groups excluding carboxylic acids is 2. The Bertz CT molecular complexity index is 803. The zero-order chi connectivity index (χ0) is 21.3. The normalized spacial score (nSPS) is 29.1. The number of hydrazone groups is 1. The molecule has 4 bridgehead atoms. The predicted octanol–water partition coefficient (Wildman–Crippen LogP) is 3.69. The first-order valence-electron chi connectivity index (χ1n) is 10.7. The Morgan fingerprint density at radius 2 is 1.60 bits per heavy atom. The van der Waals surface area contributed by atoms with E-state index in [9.17, 15) is 9.59 Å². The first-order chi connectivity index (χ1) is 14.4. The minimum Gasteiger partial charge on any atom is -0.493 e. The van der Waals surface area contributed by atoms with Crippen molar-refractivity contribution in [2.75, 3.05) is 14.2 Å². The average molecular weight is 415 g/mol. The second-order valence-electron chi connectivity index (χ2n) is 9.24. The van der Waals surface area contributed by atoms with Gasteiger partial charge < -0.3 is 14.2 Å². The van der Waals surface area contributed by atoms with Crippen molar-refractivity contribution in [1.29, 1.82) is 0 Å². The van der Waals surface area contributed by atoms with Crippen LogP contribution in [-0.2, 0) is 9.59 Å². The lowest BCUT2D eigenvalue weighted by Crippen LogP contribution is -2.47. The fourth-order valence-corrected chi connectivity index (χ4v) is 6.28. The molecule has 162 valence electrons. The average Bonchev–Trinajstić information content (AvgIpc) is 2.66. The summed E-state index contributed by atoms with van der Waals surface area (Å²) in [5.74, 6) is 2.90. The van der Waals surface area contributed by atoms with Crippen molar-refractivity contribution < 1.29 is 23.8 Å². The molecule has 4 aliphatic rings. The molecule has 0 atom stereocenters. The second kappa shape index (κ2) is 8.28. The highest BCUT2D eigenvalue weighted by molar-refractivity contribution is 5.85. The van der Waals surface area contributed by atoms with Crippen LogP contribution in [0.15, 0.2) is 17.2 Å². The van der Waals surface area contributed by atoms with Gasteiger partial charge in [-0.1, -0.05) is 0 Å². The van der Waals surface area contributed by atoms with Crippen LogP contribution in [0.4, 0.5) is 0 Å². The molecule has 0 radical (unpaired) electrons. The van der Waals surface area contributed by atoms with E-state index in [4.69, 9.17) is 14.2 Å². The minimum absolute atomic E-state index is 0.0244. The quantitative estimate of drug-likeness (QED) is 0.318. The molecule has 1 aromatic carbocycles. The van der Waals surface area contributed by atoms with Crippen molar-refractivity contribution in [3.63, 3.8) is 0 Å². The molecule has 1 N–H and O–H groups in total. The van der Waals surface area contributed by atoms with Gasteiger partial charge >= 0.3 is 5.97 Å². The molecule has 4 aliphatic carbocycles. The molecular formula is C23H30N2O5.